The van der Waals surface area contributed by atoms with Crippen molar-refractivity contribution in [3.05, 3.63) is 90.1 Å². The van der Waals surface area contributed by atoms with Crippen molar-refractivity contribution in [1.29, 1.82) is 0 Å². The van der Waals surface area contributed by atoms with E-state index in [1.165, 1.54) is 10.4 Å². The summed E-state index contributed by atoms with van der Waals surface area (Å²) in [6.45, 7) is 2.49. The maximum absolute atomic E-state index is 12.8. The summed E-state index contributed by atoms with van der Waals surface area (Å²) in [5.41, 5.74) is 4.86. The lowest BCUT2D eigenvalue weighted by Gasteiger charge is -2.16. The van der Waals surface area contributed by atoms with E-state index < -0.39 is 10.0 Å². The monoisotopic (exact) mass is 472 g/mol. The lowest BCUT2D eigenvalue weighted by Crippen LogP contribution is -2.24. The van der Waals surface area contributed by atoms with Crippen LogP contribution in [0.15, 0.2) is 79.0 Å². The van der Waals surface area contributed by atoms with E-state index in [-0.39, 0.29) is 11.7 Å². The van der Waals surface area contributed by atoms with E-state index in [0.29, 0.717) is 30.2 Å². The number of benzene rings is 2. The van der Waals surface area contributed by atoms with Crippen LogP contribution in [0.2, 0.25) is 0 Å². The van der Waals surface area contributed by atoms with E-state index >= 15 is 0 Å². The molecule has 0 radical (unpaired) electrons. The maximum atomic E-state index is 12.8. The van der Waals surface area contributed by atoms with E-state index in [2.05, 4.69) is 5.32 Å². The van der Waals surface area contributed by atoms with Crippen LogP contribution in [0.4, 0.5) is 11.5 Å². The number of rotatable bonds is 5. The van der Waals surface area contributed by atoms with Gasteiger partial charge in [-0.25, -0.2) is 13.4 Å². The minimum absolute atomic E-state index is 0.183. The first-order valence-electron chi connectivity index (χ1n) is 11.0. The molecule has 0 spiro atoms. The van der Waals surface area contributed by atoms with E-state index in [0.717, 1.165) is 22.3 Å². The van der Waals surface area contributed by atoms with Gasteiger partial charge in [0.05, 0.1) is 11.4 Å². The Morgan fingerprint density at radius 3 is 2.50 bits per heavy atom. The molecule has 7 nitrogen and oxygen atoms in total. The summed E-state index contributed by atoms with van der Waals surface area (Å²) < 4.78 is 27.5. The number of sulfonamides is 1. The molecule has 5 rings (SSSR count). The van der Waals surface area contributed by atoms with Gasteiger partial charge in [0.1, 0.15) is 17.2 Å². The van der Waals surface area contributed by atoms with Gasteiger partial charge in [0.15, 0.2) is 0 Å². The third kappa shape index (κ3) is 4.20. The van der Waals surface area contributed by atoms with E-state index in [4.69, 9.17) is 4.98 Å². The number of fused-ring (bicyclic) bond motifs is 1. The van der Waals surface area contributed by atoms with E-state index in [1.54, 1.807) is 30.3 Å². The molecule has 2 aromatic heterocycles. The standard InChI is InChI=1S/C26H24N4O3S/c1-19-7-5-16-29-25(19)28-24(21-8-3-2-4-9-21)26(29)27-23(31)15-12-20-10-13-22(14-11-20)30-17-6-18-34(30,32)33/h2-5,7-16H,6,17-18H2,1H3,(H,27,31)/b15-12+. The molecular weight excluding hydrogens is 448 g/mol. The number of carbonyl (C=O) groups excluding carboxylic acids is 1. The van der Waals surface area contributed by atoms with Gasteiger partial charge in [-0.15, -0.1) is 0 Å². The largest absolute Gasteiger partial charge is 0.306 e. The Labute approximate surface area is 198 Å². The normalized spacial score (nSPS) is 15.3. The Morgan fingerprint density at radius 1 is 1.03 bits per heavy atom. The highest BCUT2D eigenvalue weighted by Gasteiger charge is 2.28. The van der Waals surface area contributed by atoms with Crippen LogP contribution in [0.3, 0.4) is 0 Å². The van der Waals surface area contributed by atoms with Crippen molar-refractivity contribution >= 4 is 39.2 Å². The zero-order valence-electron chi connectivity index (χ0n) is 18.7. The molecule has 0 aliphatic carbocycles. The number of carbonyl (C=O) groups is 1. The fourth-order valence-corrected chi connectivity index (χ4v) is 5.70. The summed E-state index contributed by atoms with van der Waals surface area (Å²) in [5, 5.41) is 2.98. The number of aromatic nitrogens is 2. The number of aryl methyl sites for hydroxylation is 1. The maximum Gasteiger partial charge on any atom is 0.249 e. The molecule has 0 unspecified atom stereocenters. The average Bonchev–Trinajstić information content (AvgIpc) is 3.39. The molecule has 0 bridgehead atoms. The molecule has 3 heterocycles. The highest BCUT2D eigenvalue weighted by atomic mass is 32.2. The third-order valence-corrected chi connectivity index (χ3v) is 7.71. The zero-order valence-corrected chi connectivity index (χ0v) is 19.5. The highest BCUT2D eigenvalue weighted by molar-refractivity contribution is 7.93. The van der Waals surface area contributed by atoms with Gasteiger partial charge in [-0.05, 0) is 48.7 Å². The van der Waals surface area contributed by atoms with Gasteiger partial charge < -0.3 is 5.32 Å². The summed E-state index contributed by atoms with van der Waals surface area (Å²) in [6.07, 6.45) is 5.68. The summed E-state index contributed by atoms with van der Waals surface area (Å²) in [5.74, 6) is 0.503. The van der Waals surface area contributed by atoms with Crippen LogP contribution in [0, 0.1) is 6.92 Å². The lowest BCUT2D eigenvalue weighted by atomic mass is 10.1. The second-order valence-corrected chi connectivity index (χ2v) is 10.2. The summed E-state index contributed by atoms with van der Waals surface area (Å²) in [7, 11) is -3.21. The number of nitrogens with zero attached hydrogens (tertiary/aromatic N) is 3. The van der Waals surface area contributed by atoms with Gasteiger partial charge >= 0.3 is 0 Å². The van der Waals surface area contributed by atoms with Crippen molar-refractivity contribution in [2.45, 2.75) is 13.3 Å². The number of imidazole rings is 1. The lowest BCUT2D eigenvalue weighted by molar-refractivity contribution is -0.111. The van der Waals surface area contributed by atoms with Crippen LogP contribution >= 0.6 is 0 Å². The van der Waals surface area contributed by atoms with Gasteiger partial charge in [-0.1, -0.05) is 48.5 Å². The Balaban J connectivity index is 1.39. The van der Waals surface area contributed by atoms with Crippen LogP contribution in [0.1, 0.15) is 17.5 Å². The highest BCUT2D eigenvalue weighted by Crippen LogP contribution is 2.30. The molecule has 1 fully saturated rings. The molecule has 8 heteroatoms. The second kappa shape index (κ2) is 8.79. The van der Waals surface area contributed by atoms with Crippen LogP contribution in [-0.4, -0.2) is 36.0 Å². The second-order valence-electron chi connectivity index (χ2n) is 8.22. The molecule has 0 saturated carbocycles. The predicted octanol–water partition coefficient (Wildman–Crippen LogP) is 4.50. The zero-order chi connectivity index (χ0) is 23.7. The minimum atomic E-state index is -3.21. The molecule has 1 aliphatic rings. The average molecular weight is 473 g/mol. The molecule has 1 N–H and O–H groups in total. The molecular formula is C26H24N4O3S. The van der Waals surface area contributed by atoms with Crippen molar-refractivity contribution < 1.29 is 13.2 Å². The number of pyridine rings is 1. The number of anilines is 2. The topological polar surface area (TPSA) is 83.8 Å². The van der Waals surface area contributed by atoms with E-state index in [9.17, 15) is 13.2 Å². The summed E-state index contributed by atoms with van der Waals surface area (Å²) in [4.78, 5) is 17.6. The molecule has 1 amide bonds. The van der Waals surface area contributed by atoms with Gasteiger partial charge in [0.2, 0.25) is 15.9 Å². The summed E-state index contributed by atoms with van der Waals surface area (Å²) >= 11 is 0. The molecule has 4 aromatic rings. The van der Waals surface area contributed by atoms with E-state index in [1.807, 2.05) is 60.0 Å². The SMILES string of the molecule is Cc1cccn2c(NC(=O)/C=C/c3ccc(N4CCCS4(=O)=O)cc3)c(-c3ccccc3)nc12. The molecule has 1 aliphatic heterocycles. The number of amides is 1. The Morgan fingerprint density at radius 2 is 1.79 bits per heavy atom. The Kier molecular flexibility index (Phi) is 5.67. The fourth-order valence-electron chi connectivity index (χ4n) is 4.13. The van der Waals surface area contributed by atoms with Gasteiger partial charge in [-0.3, -0.25) is 13.5 Å². The number of hydrogen-bond donors (Lipinski definition) is 1. The van der Waals surface area contributed by atoms with Crippen molar-refractivity contribution in [3.63, 3.8) is 0 Å². The van der Waals surface area contributed by atoms with Crippen molar-refractivity contribution in [2.75, 3.05) is 21.9 Å². The molecule has 172 valence electrons. The van der Waals surface area contributed by atoms with Crippen LogP contribution in [0.5, 0.6) is 0 Å². The molecule has 0 atom stereocenters. The first-order chi connectivity index (χ1) is 16.4. The van der Waals surface area contributed by atoms with Crippen molar-refractivity contribution in [1.82, 2.24) is 9.38 Å². The van der Waals surface area contributed by atoms with Gasteiger partial charge in [-0.2, -0.15) is 0 Å². The van der Waals surface area contributed by atoms with Crippen molar-refractivity contribution in [3.8, 4) is 11.3 Å². The first-order valence-corrected chi connectivity index (χ1v) is 12.7. The first kappa shape index (κ1) is 21.9. The molecule has 1 saturated heterocycles. The van der Waals surface area contributed by atoms with Gasteiger partial charge in [0, 0.05) is 24.4 Å². The predicted molar refractivity (Wildman–Crippen MR) is 135 cm³/mol. The van der Waals surface area contributed by atoms with Crippen LogP contribution in [-0.2, 0) is 14.8 Å². The van der Waals surface area contributed by atoms with Crippen LogP contribution in [0.25, 0.3) is 23.0 Å². The fraction of sp³-hybridized carbons (Fsp3) is 0.154. The van der Waals surface area contributed by atoms with Gasteiger partial charge in [0.25, 0.3) is 0 Å². The quantitative estimate of drug-likeness (QED) is 0.434. The minimum Gasteiger partial charge on any atom is -0.306 e. The summed E-state index contributed by atoms with van der Waals surface area (Å²) in [6, 6.07) is 20.8. The Bertz CT molecular complexity index is 1490. The number of nitrogens with one attached hydrogen (secondary N) is 1. The molecule has 2 aromatic carbocycles. The molecule has 34 heavy (non-hydrogen) atoms. The van der Waals surface area contributed by atoms with Crippen molar-refractivity contribution in [2.24, 2.45) is 0 Å². The smallest absolute Gasteiger partial charge is 0.249 e. The van der Waals surface area contributed by atoms with Crippen LogP contribution < -0.4 is 9.62 Å². The number of hydrogen-bond acceptors (Lipinski definition) is 4. The Hall–Kier alpha value is -3.91. The third-order valence-electron chi connectivity index (χ3n) is 5.84.